The van der Waals surface area contributed by atoms with Crippen LogP contribution in [0.3, 0.4) is 0 Å². The van der Waals surface area contributed by atoms with E-state index >= 15 is 0 Å². The number of hydrogen-bond donors (Lipinski definition) is 0. The molecule has 1 fully saturated rings. The maximum atomic E-state index is 11.2. The molecular formula is C10H15ClO4. The van der Waals surface area contributed by atoms with Gasteiger partial charge in [0.25, 0.3) is 0 Å². The highest BCUT2D eigenvalue weighted by Gasteiger charge is 2.32. The lowest BCUT2D eigenvalue weighted by Crippen LogP contribution is -2.21. The van der Waals surface area contributed by atoms with Gasteiger partial charge in [-0.1, -0.05) is 11.6 Å². The van der Waals surface area contributed by atoms with Gasteiger partial charge in [-0.05, 0) is 26.8 Å². The first-order valence-corrected chi connectivity index (χ1v) is 5.18. The summed E-state index contributed by atoms with van der Waals surface area (Å²) in [6.45, 7) is 6.03. The molecule has 86 valence electrons. The number of hydrogen-bond acceptors (Lipinski definition) is 4. The normalized spacial score (nSPS) is 25.3. The molecule has 0 aromatic heterocycles. The second kappa shape index (κ2) is 4.96. The summed E-state index contributed by atoms with van der Waals surface area (Å²) in [5.41, 5.74) is 0. The minimum atomic E-state index is -0.618. The smallest absolute Gasteiger partial charge is 0.349 e. The number of halogens is 1. The molecule has 1 atom stereocenters. The first-order chi connectivity index (χ1) is 6.94. The summed E-state index contributed by atoms with van der Waals surface area (Å²) in [5.74, 6) is -1.15. The Morgan fingerprint density at radius 3 is 2.80 bits per heavy atom. The fourth-order valence-corrected chi connectivity index (χ4v) is 1.42. The van der Waals surface area contributed by atoms with Gasteiger partial charge in [0.2, 0.25) is 0 Å². The van der Waals surface area contributed by atoms with Gasteiger partial charge in [-0.15, -0.1) is 0 Å². The zero-order valence-corrected chi connectivity index (χ0v) is 9.84. The van der Waals surface area contributed by atoms with Gasteiger partial charge in [0, 0.05) is 0 Å². The molecule has 1 saturated heterocycles. The predicted molar refractivity (Wildman–Crippen MR) is 55.5 cm³/mol. The van der Waals surface area contributed by atoms with Gasteiger partial charge in [-0.3, -0.25) is 0 Å². The third-order valence-corrected chi connectivity index (χ3v) is 2.11. The van der Waals surface area contributed by atoms with Crippen LogP contribution in [0.1, 0.15) is 20.8 Å². The van der Waals surface area contributed by atoms with Crippen LogP contribution in [0.2, 0.25) is 0 Å². The molecule has 4 nitrogen and oxygen atoms in total. The highest BCUT2D eigenvalue weighted by molar-refractivity contribution is 6.41. The van der Waals surface area contributed by atoms with Crippen LogP contribution in [0.4, 0.5) is 0 Å². The van der Waals surface area contributed by atoms with E-state index in [0.29, 0.717) is 13.2 Å². The third-order valence-electron chi connectivity index (χ3n) is 1.83. The third kappa shape index (κ3) is 3.81. The zero-order valence-electron chi connectivity index (χ0n) is 9.08. The number of carbonyl (C=O) groups is 1. The summed E-state index contributed by atoms with van der Waals surface area (Å²) in [7, 11) is 0. The van der Waals surface area contributed by atoms with Gasteiger partial charge in [0.15, 0.2) is 5.79 Å². The van der Waals surface area contributed by atoms with Crippen molar-refractivity contribution in [1.82, 2.24) is 0 Å². The molecule has 1 rings (SSSR count). The SMILES string of the molecule is CCOC(=O)/C(Cl)=C/[C@H]1COC(C)(C)O1. The van der Waals surface area contributed by atoms with Crippen molar-refractivity contribution in [2.45, 2.75) is 32.7 Å². The standard InChI is InChI=1S/C10H15ClO4/c1-4-13-9(12)8(11)5-7-6-14-10(2,3)15-7/h5,7H,4,6H2,1-3H3/b8-5-/t7-/m0/s1. The topological polar surface area (TPSA) is 44.8 Å². The molecule has 0 radical (unpaired) electrons. The van der Waals surface area contributed by atoms with Gasteiger partial charge in [-0.2, -0.15) is 0 Å². The van der Waals surface area contributed by atoms with Crippen molar-refractivity contribution < 1.29 is 19.0 Å². The Labute approximate surface area is 94.1 Å². The van der Waals surface area contributed by atoms with Crippen molar-refractivity contribution in [3.8, 4) is 0 Å². The highest BCUT2D eigenvalue weighted by Crippen LogP contribution is 2.24. The zero-order chi connectivity index (χ0) is 11.5. The van der Waals surface area contributed by atoms with Crippen LogP contribution in [0.15, 0.2) is 11.1 Å². The molecule has 0 N–H and O–H groups in total. The van der Waals surface area contributed by atoms with Crippen LogP contribution < -0.4 is 0 Å². The van der Waals surface area contributed by atoms with E-state index < -0.39 is 11.8 Å². The van der Waals surface area contributed by atoms with Crippen molar-refractivity contribution in [2.24, 2.45) is 0 Å². The number of ether oxygens (including phenoxy) is 3. The van der Waals surface area contributed by atoms with E-state index in [2.05, 4.69) is 0 Å². The van der Waals surface area contributed by atoms with Crippen LogP contribution in [0.5, 0.6) is 0 Å². The average molecular weight is 235 g/mol. The lowest BCUT2D eigenvalue weighted by atomic mass is 10.3. The highest BCUT2D eigenvalue weighted by atomic mass is 35.5. The van der Waals surface area contributed by atoms with Gasteiger partial charge in [-0.25, -0.2) is 4.79 Å². The molecule has 0 aliphatic carbocycles. The fraction of sp³-hybridized carbons (Fsp3) is 0.700. The van der Waals surface area contributed by atoms with Crippen LogP contribution in [-0.2, 0) is 19.0 Å². The van der Waals surface area contributed by atoms with Crippen molar-refractivity contribution in [2.75, 3.05) is 13.2 Å². The van der Waals surface area contributed by atoms with E-state index in [1.807, 2.05) is 0 Å². The lowest BCUT2D eigenvalue weighted by molar-refractivity contribution is -0.138. The second-order valence-corrected chi connectivity index (χ2v) is 4.01. The lowest BCUT2D eigenvalue weighted by Gasteiger charge is -2.15. The Kier molecular flexibility index (Phi) is 4.13. The Hall–Kier alpha value is -0.580. The molecule has 1 heterocycles. The van der Waals surface area contributed by atoms with Gasteiger partial charge in [0.05, 0.1) is 13.2 Å². The van der Waals surface area contributed by atoms with Crippen molar-refractivity contribution >= 4 is 17.6 Å². The molecule has 0 aromatic carbocycles. The van der Waals surface area contributed by atoms with Crippen LogP contribution in [-0.4, -0.2) is 31.1 Å². The Bertz CT molecular complexity index is 273. The summed E-state index contributed by atoms with van der Waals surface area (Å²) >= 11 is 5.73. The fourth-order valence-electron chi connectivity index (χ4n) is 1.23. The molecule has 0 unspecified atom stereocenters. The summed E-state index contributed by atoms with van der Waals surface area (Å²) in [5, 5.41) is 0.0307. The van der Waals surface area contributed by atoms with Gasteiger partial charge in [0.1, 0.15) is 11.1 Å². The summed E-state index contributed by atoms with van der Waals surface area (Å²) in [6.07, 6.45) is 1.21. The van der Waals surface area contributed by atoms with Crippen LogP contribution in [0.25, 0.3) is 0 Å². The number of carbonyl (C=O) groups excluding carboxylic acids is 1. The Morgan fingerprint density at radius 1 is 1.67 bits per heavy atom. The Balaban J connectivity index is 2.53. The minimum absolute atomic E-state index is 0.0307. The van der Waals surface area contributed by atoms with Gasteiger partial charge >= 0.3 is 5.97 Å². The van der Waals surface area contributed by atoms with E-state index in [-0.39, 0.29) is 11.1 Å². The van der Waals surface area contributed by atoms with Crippen LogP contribution >= 0.6 is 11.6 Å². The van der Waals surface area contributed by atoms with Gasteiger partial charge < -0.3 is 14.2 Å². The van der Waals surface area contributed by atoms with E-state index in [1.54, 1.807) is 20.8 Å². The van der Waals surface area contributed by atoms with E-state index in [0.717, 1.165) is 0 Å². The first-order valence-electron chi connectivity index (χ1n) is 4.81. The molecule has 1 aliphatic heterocycles. The molecule has 15 heavy (non-hydrogen) atoms. The molecular weight excluding hydrogens is 220 g/mol. The quantitative estimate of drug-likeness (QED) is 0.552. The molecule has 5 heteroatoms. The summed E-state index contributed by atoms with van der Waals surface area (Å²) < 4.78 is 15.5. The maximum absolute atomic E-state index is 11.2. The molecule has 1 aliphatic rings. The monoisotopic (exact) mass is 234 g/mol. The first kappa shape index (κ1) is 12.5. The van der Waals surface area contributed by atoms with E-state index in [4.69, 9.17) is 25.8 Å². The molecule has 0 aromatic rings. The minimum Gasteiger partial charge on any atom is -0.462 e. The van der Waals surface area contributed by atoms with E-state index in [9.17, 15) is 4.79 Å². The molecule has 0 bridgehead atoms. The van der Waals surface area contributed by atoms with Crippen molar-refractivity contribution in [1.29, 1.82) is 0 Å². The molecule has 0 saturated carbocycles. The number of esters is 1. The maximum Gasteiger partial charge on any atom is 0.349 e. The second-order valence-electron chi connectivity index (χ2n) is 3.60. The largest absolute Gasteiger partial charge is 0.462 e. The predicted octanol–water partition coefficient (Wildman–Crippen LogP) is 1.82. The molecule has 0 amide bonds. The average Bonchev–Trinajstić information content (AvgIpc) is 2.46. The summed E-state index contributed by atoms with van der Waals surface area (Å²) in [4.78, 5) is 11.2. The molecule has 0 spiro atoms. The Morgan fingerprint density at radius 2 is 2.33 bits per heavy atom. The van der Waals surface area contributed by atoms with Crippen LogP contribution in [0, 0.1) is 0 Å². The summed E-state index contributed by atoms with van der Waals surface area (Å²) in [6, 6.07) is 0. The van der Waals surface area contributed by atoms with Crippen molar-refractivity contribution in [3.05, 3.63) is 11.1 Å². The number of rotatable bonds is 3. The van der Waals surface area contributed by atoms with E-state index in [1.165, 1.54) is 6.08 Å². The van der Waals surface area contributed by atoms with Crippen molar-refractivity contribution in [3.63, 3.8) is 0 Å².